The largest absolute Gasteiger partial charge is 0.341 e. The lowest BCUT2D eigenvalue weighted by molar-refractivity contribution is 0.0955. The molecule has 0 saturated carbocycles. The number of rotatable bonds is 4. The average Bonchev–Trinajstić information content (AvgIpc) is 3.01. The third-order valence-electron chi connectivity index (χ3n) is 4.60. The van der Waals surface area contributed by atoms with Crippen molar-refractivity contribution in [1.29, 1.82) is 0 Å². The number of aryl methyl sites for hydroxylation is 1. The summed E-state index contributed by atoms with van der Waals surface area (Å²) in [5.41, 5.74) is 6.52. The zero-order valence-corrected chi connectivity index (χ0v) is 16.4. The highest BCUT2D eigenvalue weighted by molar-refractivity contribution is 9.10. The van der Waals surface area contributed by atoms with Crippen molar-refractivity contribution in [3.63, 3.8) is 0 Å². The number of hydrogen-bond acceptors (Lipinski definition) is 2. The molecule has 0 radical (unpaired) electrons. The van der Waals surface area contributed by atoms with E-state index in [1.54, 1.807) is 18.3 Å². The molecule has 0 spiro atoms. The van der Waals surface area contributed by atoms with Gasteiger partial charge in [-0.05, 0) is 55.0 Å². The predicted octanol–water partition coefficient (Wildman–Crippen LogP) is 5.34. The normalized spacial score (nSPS) is 11.5. The molecule has 0 fully saturated rings. The van der Waals surface area contributed by atoms with Crippen LogP contribution in [-0.2, 0) is 6.54 Å². The van der Waals surface area contributed by atoms with Gasteiger partial charge in [0.15, 0.2) is 0 Å². The molecule has 0 unspecified atom stereocenters. The molecule has 1 heterocycles. The zero-order chi connectivity index (χ0) is 18.8. The number of nitrogens with zero attached hydrogens (tertiary/aromatic N) is 2. The van der Waals surface area contributed by atoms with Crippen molar-refractivity contribution in [2.45, 2.75) is 13.5 Å². The van der Waals surface area contributed by atoms with Gasteiger partial charge in [0.2, 0.25) is 0 Å². The van der Waals surface area contributed by atoms with Crippen LogP contribution in [0.2, 0.25) is 0 Å². The first-order chi connectivity index (χ1) is 13.2. The van der Waals surface area contributed by atoms with Crippen LogP contribution in [0, 0.1) is 0 Å². The minimum absolute atomic E-state index is 0.234. The van der Waals surface area contributed by atoms with Gasteiger partial charge >= 0.3 is 0 Å². The maximum Gasteiger partial charge on any atom is 0.271 e. The lowest BCUT2D eigenvalue weighted by Crippen LogP contribution is -2.17. The summed E-state index contributed by atoms with van der Waals surface area (Å²) in [6, 6.07) is 21.8. The van der Waals surface area contributed by atoms with E-state index in [-0.39, 0.29) is 5.91 Å². The SMILES string of the molecule is CCn1c2ccccc2c2cc(/C=N/NC(=O)c3ccc(Br)cc3)ccc21. The van der Waals surface area contributed by atoms with Crippen LogP contribution < -0.4 is 5.43 Å². The second kappa shape index (κ2) is 7.37. The van der Waals surface area contributed by atoms with E-state index in [0.717, 1.165) is 16.6 Å². The van der Waals surface area contributed by atoms with Gasteiger partial charge in [0.25, 0.3) is 5.91 Å². The van der Waals surface area contributed by atoms with Crippen LogP contribution in [0.5, 0.6) is 0 Å². The molecule has 134 valence electrons. The topological polar surface area (TPSA) is 46.4 Å². The predicted molar refractivity (Wildman–Crippen MR) is 114 cm³/mol. The van der Waals surface area contributed by atoms with Crippen molar-refractivity contribution in [1.82, 2.24) is 9.99 Å². The van der Waals surface area contributed by atoms with E-state index in [4.69, 9.17) is 0 Å². The first kappa shape index (κ1) is 17.5. The summed E-state index contributed by atoms with van der Waals surface area (Å²) in [5.74, 6) is -0.234. The fourth-order valence-electron chi connectivity index (χ4n) is 3.32. The summed E-state index contributed by atoms with van der Waals surface area (Å²) in [4.78, 5) is 12.1. The molecule has 4 nitrogen and oxygen atoms in total. The summed E-state index contributed by atoms with van der Waals surface area (Å²) in [6.45, 7) is 3.07. The standard InChI is InChI=1S/C22H18BrN3O/c1-2-26-20-6-4-3-5-18(20)19-13-15(7-12-21(19)26)14-24-25-22(27)16-8-10-17(23)11-9-16/h3-14H,2H2,1H3,(H,25,27)/b24-14+. The van der Waals surface area contributed by atoms with Gasteiger partial charge < -0.3 is 4.57 Å². The van der Waals surface area contributed by atoms with Gasteiger partial charge in [0.05, 0.1) is 6.21 Å². The number of fused-ring (bicyclic) bond motifs is 3. The first-order valence-electron chi connectivity index (χ1n) is 8.77. The Bertz CT molecular complexity index is 1160. The van der Waals surface area contributed by atoms with Gasteiger partial charge in [-0.15, -0.1) is 0 Å². The van der Waals surface area contributed by atoms with E-state index in [1.807, 2.05) is 18.2 Å². The number of hydrogen-bond donors (Lipinski definition) is 1. The van der Waals surface area contributed by atoms with Gasteiger partial charge in [-0.3, -0.25) is 4.79 Å². The van der Waals surface area contributed by atoms with Crippen LogP contribution in [-0.4, -0.2) is 16.7 Å². The molecular weight excluding hydrogens is 402 g/mol. The van der Waals surface area contributed by atoms with E-state index in [1.165, 1.54) is 21.8 Å². The molecule has 4 rings (SSSR count). The smallest absolute Gasteiger partial charge is 0.271 e. The number of carbonyl (C=O) groups excluding carboxylic acids is 1. The molecule has 4 aromatic rings. The van der Waals surface area contributed by atoms with Crippen LogP contribution in [0.4, 0.5) is 0 Å². The first-order valence-corrected chi connectivity index (χ1v) is 9.56. The number of amides is 1. The summed E-state index contributed by atoms with van der Waals surface area (Å²) < 4.78 is 3.24. The fourth-order valence-corrected chi connectivity index (χ4v) is 3.59. The summed E-state index contributed by atoms with van der Waals surface area (Å²) in [6.07, 6.45) is 1.67. The summed E-state index contributed by atoms with van der Waals surface area (Å²) >= 11 is 3.36. The minimum Gasteiger partial charge on any atom is -0.341 e. The monoisotopic (exact) mass is 419 g/mol. The van der Waals surface area contributed by atoms with Crippen LogP contribution in [0.3, 0.4) is 0 Å². The molecule has 0 bridgehead atoms. The van der Waals surface area contributed by atoms with Crippen molar-refractivity contribution < 1.29 is 4.79 Å². The maximum atomic E-state index is 12.1. The minimum atomic E-state index is -0.234. The van der Waals surface area contributed by atoms with E-state index < -0.39 is 0 Å². The Balaban J connectivity index is 1.61. The Morgan fingerprint density at radius 1 is 1.04 bits per heavy atom. The molecule has 3 aromatic carbocycles. The number of benzene rings is 3. The number of para-hydroxylation sites is 1. The van der Waals surface area contributed by atoms with Crippen LogP contribution in [0.15, 0.2) is 76.3 Å². The number of carbonyl (C=O) groups is 1. The van der Waals surface area contributed by atoms with E-state index >= 15 is 0 Å². The molecular formula is C22H18BrN3O. The highest BCUT2D eigenvalue weighted by Crippen LogP contribution is 2.29. The second-order valence-corrected chi connectivity index (χ2v) is 7.16. The van der Waals surface area contributed by atoms with Crippen LogP contribution in [0.25, 0.3) is 21.8 Å². The van der Waals surface area contributed by atoms with E-state index in [0.29, 0.717) is 5.56 Å². The Kier molecular flexibility index (Phi) is 4.77. The highest BCUT2D eigenvalue weighted by atomic mass is 79.9. The fraction of sp³-hybridized carbons (Fsp3) is 0.0909. The molecule has 27 heavy (non-hydrogen) atoms. The molecule has 0 atom stereocenters. The average molecular weight is 420 g/mol. The third-order valence-corrected chi connectivity index (χ3v) is 5.13. The molecule has 0 aliphatic heterocycles. The summed E-state index contributed by atoms with van der Waals surface area (Å²) in [5, 5.41) is 6.53. The van der Waals surface area contributed by atoms with Crippen molar-refractivity contribution in [3.05, 3.63) is 82.3 Å². The molecule has 1 aromatic heterocycles. The summed E-state index contributed by atoms with van der Waals surface area (Å²) in [7, 11) is 0. The zero-order valence-electron chi connectivity index (χ0n) is 14.8. The van der Waals surface area contributed by atoms with E-state index in [2.05, 4.69) is 74.3 Å². The molecule has 1 N–H and O–H groups in total. The molecule has 0 saturated heterocycles. The molecule has 5 heteroatoms. The van der Waals surface area contributed by atoms with Gasteiger partial charge in [0.1, 0.15) is 0 Å². The van der Waals surface area contributed by atoms with Gasteiger partial charge in [-0.25, -0.2) is 5.43 Å². The van der Waals surface area contributed by atoms with Crippen molar-refractivity contribution in [2.24, 2.45) is 5.10 Å². The van der Waals surface area contributed by atoms with Gasteiger partial charge in [-0.1, -0.05) is 40.2 Å². The van der Waals surface area contributed by atoms with Gasteiger partial charge in [0, 0.05) is 38.4 Å². The maximum absolute atomic E-state index is 12.1. The number of hydrazone groups is 1. The Labute approximate surface area is 165 Å². The van der Waals surface area contributed by atoms with Crippen LogP contribution in [0.1, 0.15) is 22.8 Å². The quantitative estimate of drug-likeness (QED) is 0.352. The highest BCUT2D eigenvalue weighted by Gasteiger charge is 2.09. The molecule has 0 aliphatic carbocycles. The van der Waals surface area contributed by atoms with Crippen LogP contribution >= 0.6 is 15.9 Å². The van der Waals surface area contributed by atoms with Gasteiger partial charge in [-0.2, -0.15) is 5.10 Å². The van der Waals surface area contributed by atoms with E-state index in [9.17, 15) is 4.79 Å². The number of aromatic nitrogens is 1. The van der Waals surface area contributed by atoms with Crippen molar-refractivity contribution in [2.75, 3.05) is 0 Å². The Morgan fingerprint density at radius 3 is 2.56 bits per heavy atom. The van der Waals surface area contributed by atoms with Crippen molar-refractivity contribution in [3.8, 4) is 0 Å². The molecule has 1 amide bonds. The third kappa shape index (κ3) is 3.38. The number of nitrogens with one attached hydrogen (secondary N) is 1. The second-order valence-electron chi connectivity index (χ2n) is 6.24. The lowest BCUT2D eigenvalue weighted by Gasteiger charge is -2.03. The Morgan fingerprint density at radius 2 is 1.78 bits per heavy atom. The number of halogens is 1. The lowest BCUT2D eigenvalue weighted by atomic mass is 10.1. The van der Waals surface area contributed by atoms with Crippen molar-refractivity contribution >= 4 is 49.9 Å². The molecule has 0 aliphatic rings. The Hall–Kier alpha value is -2.92.